The van der Waals surface area contributed by atoms with Crippen LogP contribution < -0.4 is 21.7 Å². The van der Waals surface area contributed by atoms with Crippen molar-refractivity contribution in [3.8, 4) is 0 Å². The van der Waals surface area contributed by atoms with Crippen LogP contribution in [0.4, 0.5) is 4.79 Å². The number of hydrogen-bond acceptors (Lipinski definition) is 8. The van der Waals surface area contributed by atoms with E-state index in [0.717, 1.165) is 27.8 Å². The smallest absolute Gasteiger partial charge is 0.407 e. The topological polar surface area (TPSA) is 178 Å². The van der Waals surface area contributed by atoms with Gasteiger partial charge in [-0.1, -0.05) is 129 Å². The Morgan fingerprint density at radius 2 is 1.17 bits per heavy atom. The van der Waals surface area contributed by atoms with E-state index in [1.54, 1.807) is 20.8 Å². The number of rotatable bonds is 19. The Balaban J connectivity index is 1.43. The predicted molar refractivity (Wildman–Crippen MR) is 229 cm³/mol. The van der Waals surface area contributed by atoms with Gasteiger partial charge >= 0.3 is 6.09 Å². The number of carbonyl (C=O) groups excluding carboxylic acids is 4. The average molecular weight is 821 g/mol. The van der Waals surface area contributed by atoms with Gasteiger partial charge in [-0.3, -0.25) is 14.4 Å². The molecule has 1 fully saturated rings. The van der Waals surface area contributed by atoms with Crippen molar-refractivity contribution in [2.24, 2.45) is 17.6 Å². The third kappa shape index (κ3) is 13.2. The van der Waals surface area contributed by atoms with Gasteiger partial charge in [0.2, 0.25) is 23.5 Å². The maximum absolute atomic E-state index is 14.5. The normalized spacial score (nSPS) is 16.2. The lowest BCUT2D eigenvalue weighted by atomic mass is 9.87. The molecule has 5 rings (SSSR count). The minimum absolute atomic E-state index is 0.0102. The number of ether oxygens (including phenoxy) is 3. The first-order valence-electron chi connectivity index (χ1n) is 20.7. The van der Waals surface area contributed by atoms with E-state index < -0.39 is 65.4 Å². The van der Waals surface area contributed by atoms with Gasteiger partial charge in [0.1, 0.15) is 17.7 Å². The molecule has 0 aliphatic carbocycles. The lowest BCUT2D eigenvalue weighted by molar-refractivity contribution is -0.133. The molecule has 4 amide bonds. The zero-order chi connectivity index (χ0) is 43.3. The van der Waals surface area contributed by atoms with E-state index in [2.05, 4.69) is 16.0 Å². The van der Waals surface area contributed by atoms with Crippen molar-refractivity contribution in [2.75, 3.05) is 13.2 Å². The fraction of sp³-hybridized carbons (Fsp3) is 0.417. The van der Waals surface area contributed by atoms with Gasteiger partial charge in [0.25, 0.3) is 0 Å². The van der Waals surface area contributed by atoms with Crippen LogP contribution in [-0.2, 0) is 53.6 Å². The molecule has 1 heterocycles. The van der Waals surface area contributed by atoms with Crippen molar-refractivity contribution >= 4 is 23.8 Å². The predicted octanol–water partition coefficient (Wildman–Crippen LogP) is 5.72. The van der Waals surface area contributed by atoms with Crippen molar-refractivity contribution in [3.05, 3.63) is 143 Å². The van der Waals surface area contributed by atoms with Gasteiger partial charge < -0.3 is 41.0 Å². The van der Waals surface area contributed by atoms with Crippen molar-refractivity contribution in [2.45, 2.75) is 102 Å². The fourth-order valence-corrected chi connectivity index (χ4v) is 7.40. The first-order valence-corrected chi connectivity index (χ1v) is 20.7. The summed E-state index contributed by atoms with van der Waals surface area (Å²) in [6, 6.07) is 33.1. The minimum atomic E-state index is -1.21. The van der Waals surface area contributed by atoms with Gasteiger partial charge in [0.05, 0.1) is 25.4 Å². The largest absolute Gasteiger partial charge is 0.444 e. The Kier molecular flexibility index (Phi) is 16.0. The minimum Gasteiger partial charge on any atom is -0.444 e. The SMILES string of the molecule is CC(C)C[C@H](NC(=O)[C@H](Cc1ccc(C2(c3ccccc3)OCCO2)cc1)C[C@@H](O)[C@H](Cc1ccccc1)NC(=O)OC(C)(C)C)C(=O)N[C@@H](Cc1ccccc1)C(N)=O. The molecular formula is C48H60N4O8. The number of aliphatic hydroxyl groups excluding tert-OH is 1. The van der Waals surface area contributed by atoms with Crippen molar-refractivity contribution in [3.63, 3.8) is 0 Å². The monoisotopic (exact) mass is 820 g/mol. The van der Waals surface area contributed by atoms with E-state index in [1.807, 2.05) is 129 Å². The van der Waals surface area contributed by atoms with Gasteiger partial charge in [-0.2, -0.15) is 0 Å². The summed E-state index contributed by atoms with van der Waals surface area (Å²) in [6.45, 7) is 9.98. The molecule has 60 heavy (non-hydrogen) atoms. The summed E-state index contributed by atoms with van der Waals surface area (Å²) >= 11 is 0. The lowest BCUT2D eigenvalue weighted by Gasteiger charge is -2.30. The summed E-state index contributed by atoms with van der Waals surface area (Å²) in [5.74, 6) is -3.68. The van der Waals surface area contributed by atoms with E-state index >= 15 is 0 Å². The molecular weight excluding hydrogens is 761 g/mol. The molecule has 4 aromatic carbocycles. The van der Waals surface area contributed by atoms with Crippen LogP contribution >= 0.6 is 0 Å². The van der Waals surface area contributed by atoms with E-state index in [0.29, 0.717) is 13.2 Å². The average Bonchev–Trinajstić information content (AvgIpc) is 3.72. The van der Waals surface area contributed by atoms with Crippen molar-refractivity contribution in [1.82, 2.24) is 16.0 Å². The van der Waals surface area contributed by atoms with E-state index in [-0.39, 0.29) is 38.0 Å². The number of primary amides is 1. The third-order valence-electron chi connectivity index (χ3n) is 10.3. The molecule has 1 aliphatic rings. The quantitative estimate of drug-likeness (QED) is 0.0797. The summed E-state index contributed by atoms with van der Waals surface area (Å²) in [7, 11) is 0. The molecule has 0 bridgehead atoms. The van der Waals surface area contributed by atoms with Crippen molar-refractivity contribution in [1.29, 1.82) is 0 Å². The highest BCUT2D eigenvalue weighted by atomic mass is 16.7. The summed E-state index contributed by atoms with van der Waals surface area (Å²) < 4.78 is 18.0. The number of hydrogen-bond donors (Lipinski definition) is 5. The molecule has 0 spiro atoms. The second-order valence-corrected chi connectivity index (χ2v) is 16.9. The molecule has 320 valence electrons. The third-order valence-corrected chi connectivity index (χ3v) is 10.3. The van der Waals surface area contributed by atoms with Crippen LogP contribution in [0.3, 0.4) is 0 Å². The Labute approximate surface area is 353 Å². The van der Waals surface area contributed by atoms with Crippen LogP contribution in [0.25, 0.3) is 0 Å². The Hall–Kier alpha value is -5.56. The van der Waals surface area contributed by atoms with E-state index in [9.17, 15) is 24.3 Å². The van der Waals surface area contributed by atoms with Gasteiger partial charge in [0, 0.05) is 23.5 Å². The highest BCUT2D eigenvalue weighted by Crippen LogP contribution is 2.38. The first kappa shape index (κ1) is 45.5. The van der Waals surface area contributed by atoms with Gasteiger partial charge in [-0.05, 0) is 69.1 Å². The number of benzene rings is 4. The highest BCUT2D eigenvalue weighted by molar-refractivity contribution is 5.92. The highest BCUT2D eigenvalue weighted by Gasteiger charge is 2.41. The molecule has 0 unspecified atom stereocenters. The maximum atomic E-state index is 14.5. The van der Waals surface area contributed by atoms with E-state index in [4.69, 9.17) is 19.9 Å². The van der Waals surface area contributed by atoms with Crippen molar-refractivity contribution < 1.29 is 38.5 Å². The number of alkyl carbamates (subject to hydrolysis) is 1. The summed E-state index contributed by atoms with van der Waals surface area (Å²) in [5.41, 5.74) is 9.07. The Morgan fingerprint density at radius 1 is 0.667 bits per heavy atom. The first-order chi connectivity index (χ1) is 28.6. The number of amides is 4. The lowest BCUT2D eigenvalue weighted by Crippen LogP contribution is -2.55. The molecule has 0 saturated carbocycles. The number of nitrogens with one attached hydrogen (secondary N) is 3. The number of nitrogens with two attached hydrogens (primary N) is 1. The van der Waals surface area contributed by atoms with Crippen LogP contribution in [0.5, 0.6) is 0 Å². The molecule has 5 atom stereocenters. The van der Waals surface area contributed by atoms with Gasteiger partial charge in [0.15, 0.2) is 0 Å². The number of aliphatic hydroxyl groups is 1. The van der Waals surface area contributed by atoms with Crippen LogP contribution in [-0.4, -0.2) is 72.0 Å². The molecule has 0 aromatic heterocycles. The molecule has 0 radical (unpaired) electrons. The molecule has 4 aromatic rings. The standard InChI is InChI=1S/C48H60N4O8/c1-32(2)27-41(45(56)50-40(43(49)54)30-34-17-11-7-12-18-34)51-44(55)36(31-42(53)39(29-33-15-9-6-10-16-33)52-46(57)60-47(3,4)5)28-35-21-23-38(24-22-35)48(58-25-26-59-48)37-19-13-8-14-20-37/h6-24,32,36,39-42,53H,25-31H2,1-5H3,(H2,49,54)(H,50,56)(H,51,55)(H,52,57)/t36-,39+,40+,41+,42-/m1/s1. The summed E-state index contributed by atoms with van der Waals surface area (Å²) in [6.07, 6.45) is -1.08. The van der Waals surface area contributed by atoms with Crippen LogP contribution in [0.1, 0.15) is 75.3 Å². The Bertz CT molecular complexity index is 1980. The number of carbonyl (C=O) groups is 4. The van der Waals surface area contributed by atoms with E-state index in [1.165, 1.54) is 0 Å². The molecule has 6 N–H and O–H groups in total. The molecule has 12 nitrogen and oxygen atoms in total. The van der Waals surface area contributed by atoms with Gasteiger partial charge in [-0.25, -0.2) is 4.79 Å². The Morgan fingerprint density at radius 3 is 1.70 bits per heavy atom. The zero-order valence-electron chi connectivity index (χ0n) is 35.3. The molecule has 1 saturated heterocycles. The molecule has 1 aliphatic heterocycles. The zero-order valence-corrected chi connectivity index (χ0v) is 35.3. The summed E-state index contributed by atoms with van der Waals surface area (Å²) in [4.78, 5) is 54.1. The van der Waals surface area contributed by atoms with Gasteiger partial charge in [-0.15, -0.1) is 0 Å². The van der Waals surface area contributed by atoms with Crippen LogP contribution in [0.15, 0.2) is 115 Å². The molecule has 12 heteroatoms. The van der Waals surface area contributed by atoms with Crippen LogP contribution in [0.2, 0.25) is 0 Å². The maximum Gasteiger partial charge on any atom is 0.407 e. The summed E-state index contributed by atoms with van der Waals surface area (Å²) in [5, 5.41) is 20.5. The fourth-order valence-electron chi connectivity index (χ4n) is 7.40. The second-order valence-electron chi connectivity index (χ2n) is 16.9. The van der Waals surface area contributed by atoms with Crippen LogP contribution in [0, 0.1) is 11.8 Å². The second kappa shape index (κ2) is 21.1.